The molecule has 0 radical (unpaired) electrons. The lowest BCUT2D eigenvalue weighted by molar-refractivity contribution is -0.384. The summed E-state index contributed by atoms with van der Waals surface area (Å²) in [5.41, 5.74) is 1.02. The van der Waals surface area contributed by atoms with Crippen molar-refractivity contribution in [3.8, 4) is 11.5 Å². The predicted octanol–water partition coefficient (Wildman–Crippen LogP) is 5.84. The monoisotopic (exact) mass is 462 g/mol. The van der Waals surface area contributed by atoms with E-state index in [2.05, 4.69) is 6.92 Å². The second kappa shape index (κ2) is 7.36. The molecule has 162 valence electrons. The fourth-order valence-electron chi connectivity index (χ4n) is 4.76. The molecule has 1 spiro atoms. The van der Waals surface area contributed by atoms with Gasteiger partial charge in [0.05, 0.1) is 26.1 Å². The van der Waals surface area contributed by atoms with Gasteiger partial charge in [0.15, 0.2) is 5.75 Å². The summed E-state index contributed by atoms with van der Waals surface area (Å²) in [5, 5.41) is 11.1. The third kappa shape index (κ3) is 3.18. The lowest BCUT2D eigenvalue weighted by Gasteiger charge is -2.32. The minimum Gasteiger partial charge on any atom is -0.454 e. The number of amides is 1. The molecule has 2 fully saturated rings. The number of halogens is 2. The zero-order chi connectivity index (χ0) is 21.9. The van der Waals surface area contributed by atoms with Crippen molar-refractivity contribution < 1.29 is 19.2 Å². The maximum Gasteiger partial charge on any atom is 0.272 e. The van der Waals surface area contributed by atoms with Crippen LogP contribution in [0.1, 0.15) is 38.2 Å². The maximum absolute atomic E-state index is 13.4. The molecular weight excluding hydrogens is 443 g/mol. The van der Waals surface area contributed by atoms with Gasteiger partial charge < -0.3 is 9.47 Å². The van der Waals surface area contributed by atoms with Crippen LogP contribution < -0.4 is 9.64 Å². The fourth-order valence-corrected chi connectivity index (χ4v) is 5.32. The largest absolute Gasteiger partial charge is 0.454 e. The van der Waals surface area contributed by atoms with Crippen molar-refractivity contribution >= 4 is 40.5 Å². The minimum absolute atomic E-state index is 0.0440. The number of carbonyl (C=O) groups excluding carboxylic acids is 1. The summed E-state index contributed by atoms with van der Waals surface area (Å²) in [4.78, 5) is 25.7. The van der Waals surface area contributed by atoms with Crippen molar-refractivity contribution in [3.63, 3.8) is 0 Å². The van der Waals surface area contributed by atoms with Crippen molar-refractivity contribution in [3.05, 3.63) is 56.1 Å². The molecule has 1 saturated heterocycles. The number of non-ortho nitro benzene ring substituents is 1. The second-order valence-corrected chi connectivity index (χ2v) is 9.16. The number of rotatable bonds is 4. The summed E-state index contributed by atoms with van der Waals surface area (Å²) < 4.78 is 11.8. The number of carbonyl (C=O) groups is 1. The second-order valence-electron chi connectivity index (χ2n) is 8.35. The first-order chi connectivity index (χ1) is 14.8. The van der Waals surface area contributed by atoms with Crippen molar-refractivity contribution in [2.24, 2.45) is 5.92 Å². The Morgan fingerprint density at radius 2 is 1.94 bits per heavy atom. The summed E-state index contributed by atoms with van der Waals surface area (Å²) in [6.45, 7) is 2.73. The van der Waals surface area contributed by atoms with Crippen LogP contribution in [0, 0.1) is 16.0 Å². The number of anilines is 1. The molecule has 1 aliphatic carbocycles. The summed E-state index contributed by atoms with van der Waals surface area (Å²) in [6, 6.07) is 7.88. The number of nitro benzene ring substituents is 1. The highest BCUT2D eigenvalue weighted by Gasteiger charge is 2.65. The first-order valence-electron chi connectivity index (χ1n) is 10.2. The average Bonchev–Trinajstić information content (AvgIpc) is 3.37. The van der Waals surface area contributed by atoms with Crippen LogP contribution in [0.25, 0.3) is 0 Å². The lowest BCUT2D eigenvalue weighted by Crippen LogP contribution is -2.44. The number of nitro groups is 1. The van der Waals surface area contributed by atoms with Gasteiger partial charge in [-0.25, -0.2) is 0 Å². The van der Waals surface area contributed by atoms with E-state index in [0.717, 1.165) is 36.9 Å². The molecule has 5 rings (SSSR count). The van der Waals surface area contributed by atoms with Gasteiger partial charge >= 0.3 is 0 Å². The quantitative estimate of drug-likeness (QED) is 0.420. The number of fused-ring (bicyclic) bond motifs is 2. The number of ether oxygens (including phenoxy) is 2. The first kappa shape index (κ1) is 20.5. The number of hydrogen-bond donors (Lipinski definition) is 0. The Kier molecular flexibility index (Phi) is 4.88. The standard InChI is InChI=1S/C22H20Cl2N2O5/c1-12-11-22(12)15-10-14(31-20-16(23)8-13(26(28)29)9-17(20)24)5-6-18(15)25(21(22)27)19-4-2-3-7-30-19/h5-6,8-10,12,19H,2-4,7,11H2,1H3. The molecule has 2 heterocycles. The van der Waals surface area contributed by atoms with Crippen LogP contribution >= 0.6 is 23.2 Å². The third-order valence-electron chi connectivity index (χ3n) is 6.48. The molecule has 1 amide bonds. The molecule has 1 saturated carbocycles. The highest BCUT2D eigenvalue weighted by Crippen LogP contribution is 2.62. The Labute approximate surface area is 189 Å². The first-order valence-corrected chi connectivity index (χ1v) is 11.0. The highest BCUT2D eigenvalue weighted by atomic mass is 35.5. The van der Waals surface area contributed by atoms with Crippen LogP contribution in [0.3, 0.4) is 0 Å². The molecule has 0 bridgehead atoms. The van der Waals surface area contributed by atoms with Gasteiger partial charge in [-0.3, -0.25) is 19.8 Å². The molecule has 7 nitrogen and oxygen atoms in total. The highest BCUT2D eigenvalue weighted by molar-refractivity contribution is 6.37. The molecule has 3 unspecified atom stereocenters. The normalized spacial score (nSPS) is 26.8. The molecule has 0 aromatic heterocycles. The summed E-state index contributed by atoms with van der Waals surface area (Å²) in [7, 11) is 0. The van der Waals surface area contributed by atoms with E-state index < -0.39 is 10.3 Å². The van der Waals surface area contributed by atoms with Crippen LogP contribution in [0.5, 0.6) is 11.5 Å². The topological polar surface area (TPSA) is 81.9 Å². The Hall–Kier alpha value is -2.35. The van der Waals surface area contributed by atoms with E-state index in [1.807, 2.05) is 17.0 Å². The van der Waals surface area contributed by atoms with Crippen molar-refractivity contribution in [2.75, 3.05) is 11.5 Å². The van der Waals surface area contributed by atoms with Crippen molar-refractivity contribution in [1.29, 1.82) is 0 Å². The number of hydrogen-bond acceptors (Lipinski definition) is 5. The van der Waals surface area contributed by atoms with Crippen LogP contribution in [0.4, 0.5) is 11.4 Å². The van der Waals surface area contributed by atoms with Gasteiger partial charge in [0.25, 0.3) is 5.69 Å². The van der Waals surface area contributed by atoms with E-state index in [1.54, 1.807) is 6.07 Å². The molecule has 3 atom stereocenters. The van der Waals surface area contributed by atoms with Gasteiger partial charge in [0.2, 0.25) is 5.91 Å². The van der Waals surface area contributed by atoms with E-state index in [9.17, 15) is 14.9 Å². The molecular formula is C22H20Cl2N2O5. The Balaban J connectivity index is 1.51. The summed E-state index contributed by atoms with van der Waals surface area (Å²) in [5.74, 6) is 0.928. The fraction of sp³-hybridized carbons (Fsp3) is 0.409. The summed E-state index contributed by atoms with van der Waals surface area (Å²) >= 11 is 12.4. The van der Waals surface area contributed by atoms with E-state index >= 15 is 0 Å². The van der Waals surface area contributed by atoms with Crippen LogP contribution in [-0.4, -0.2) is 23.7 Å². The zero-order valence-electron chi connectivity index (χ0n) is 16.8. The van der Waals surface area contributed by atoms with Gasteiger partial charge in [0.1, 0.15) is 12.0 Å². The van der Waals surface area contributed by atoms with Gasteiger partial charge in [-0.05, 0) is 55.4 Å². The molecule has 9 heteroatoms. The van der Waals surface area contributed by atoms with E-state index in [0.29, 0.717) is 12.4 Å². The lowest BCUT2D eigenvalue weighted by atomic mass is 9.95. The van der Waals surface area contributed by atoms with E-state index in [4.69, 9.17) is 32.7 Å². The smallest absolute Gasteiger partial charge is 0.272 e. The molecule has 3 aliphatic rings. The van der Waals surface area contributed by atoms with Gasteiger partial charge in [0, 0.05) is 18.7 Å². The molecule has 2 aromatic rings. The Morgan fingerprint density at radius 3 is 2.52 bits per heavy atom. The SMILES string of the molecule is CC1CC12C(=O)N(C1CCCCO1)c1ccc(Oc3c(Cl)cc([N+](=O)[O-])cc3Cl)cc12. The third-order valence-corrected chi connectivity index (χ3v) is 7.04. The average molecular weight is 463 g/mol. The summed E-state index contributed by atoms with van der Waals surface area (Å²) in [6.07, 6.45) is 3.41. The van der Waals surface area contributed by atoms with E-state index in [-0.39, 0.29) is 39.5 Å². The maximum atomic E-state index is 13.4. The number of nitrogens with zero attached hydrogens (tertiary/aromatic N) is 2. The van der Waals surface area contributed by atoms with Crippen molar-refractivity contribution in [2.45, 2.75) is 44.2 Å². The Morgan fingerprint density at radius 1 is 1.23 bits per heavy atom. The van der Waals surface area contributed by atoms with Gasteiger partial charge in [-0.15, -0.1) is 0 Å². The molecule has 0 N–H and O–H groups in total. The van der Waals surface area contributed by atoms with Crippen LogP contribution in [0.15, 0.2) is 30.3 Å². The molecule has 2 aliphatic heterocycles. The van der Waals surface area contributed by atoms with Crippen LogP contribution in [-0.2, 0) is 14.9 Å². The van der Waals surface area contributed by atoms with Crippen LogP contribution in [0.2, 0.25) is 10.0 Å². The van der Waals surface area contributed by atoms with Crippen molar-refractivity contribution in [1.82, 2.24) is 0 Å². The van der Waals surface area contributed by atoms with E-state index in [1.165, 1.54) is 12.1 Å². The Bertz CT molecular complexity index is 1080. The molecule has 31 heavy (non-hydrogen) atoms. The minimum atomic E-state index is -0.567. The van der Waals surface area contributed by atoms with Gasteiger partial charge in [-0.1, -0.05) is 30.1 Å². The predicted molar refractivity (Wildman–Crippen MR) is 116 cm³/mol. The number of benzene rings is 2. The molecule has 2 aromatic carbocycles. The zero-order valence-corrected chi connectivity index (χ0v) is 18.3. The van der Waals surface area contributed by atoms with Gasteiger partial charge in [-0.2, -0.15) is 0 Å².